The summed E-state index contributed by atoms with van der Waals surface area (Å²) in [4.78, 5) is 0. The van der Waals surface area contributed by atoms with E-state index in [4.69, 9.17) is 5.73 Å². The van der Waals surface area contributed by atoms with Crippen LogP contribution in [0.5, 0.6) is 0 Å². The largest absolute Gasteiger partial charge is 2.00 e. The van der Waals surface area contributed by atoms with Gasteiger partial charge in [0.15, 0.2) is 0 Å². The van der Waals surface area contributed by atoms with E-state index in [-0.39, 0.29) is 51.9 Å². The molecule has 1 aromatic rings. The quantitative estimate of drug-likeness (QED) is 0.284. The molecule has 26 heavy (non-hydrogen) atoms. The first-order valence-corrected chi connectivity index (χ1v) is 10.2. The SMILES string of the molecule is CC(C)(C)c1ccccc1[NH-].CC1=[C-]C(C)C(C)=C1C.C[Si]C.Cl.Cl.[Ti+2]. The molecule has 0 amide bonds. The van der Waals surface area contributed by atoms with E-state index in [1.807, 2.05) is 24.3 Å². The van der Waals surface area contributed by atoms with Crippen molar-refractivity contribution in [3.05, 3.63) is 58.4 Å². The molecule has 1 N–H and O–H groups in total. The zero-order valence-corrected chi connectivity index (χ0v) is 21.9. The van der Waals surface area contributed by atoms with Crippen LogP contribution in [-0.2, 0) is 27.1 Å². The molecule has 1 aliphatic carbocycles. The van der Waals surface area contributed by atoms with Crippen LogP contribution in [0, 0.1) is 12.0 Å². The number of halogens is 2. The average molecular weight is 448 g/mol. The summed E-state index contributed by atoms with van der Waals surface area (Å²) in [6, 6.07) is 7.74. The third-order valence-corrected chi connectivity index (χ3v) is 3.97. The van der Waals surface area contributed by atoms with Gasteiger partial charge in [-0.05, 0) is 5.41 Å². The molecule has 0 aromatic heterocycles. The second kappa shape index (κ2) is 16.0. The van der Waals surface area contributed by atoms with E-state index in [0.717, 1.165) is 15.1 Å². The van der Waals surface area contributed by atoms with Crippen molar-refractivity contribution in [2.24, 2.45) is 5.92 Å². The van der Waals surface area contributed by atoms with E-state index >= 15 is 0 Å². The molecule has 2 rings (SSSR count). The molecule has 0 saturated heterocycles. The molecule has 0 saturated carbocycles. The molecule has 1 unspecified atom stereocenters. The molecule has 1 aromatic carbocycles. The molecule has 0 bridgehead atoms. The molecule has 0 heterocycles. The minimum atomic E-state index is 0. The van der Waals surface area contributed by atoms with Crippen molar-refractivity contribution in [1.29, 1.82) is 0 Å². The fraction of sp³-hybridized carbons (Fsp3) is 0.524. The molecule has 1 atom stereocenters. The van der Waals surface area contributed by atoms with Crippen LogP contribution < -0.4 is 0 Å². The van der Waals surface area contributed by atoms with Gasteiger partial charge in [-0.2, -0.15) is 11.1 Å². The Bertz CT molecular complexity index is 563. The Morgan fingerprint density at radius 1 is 1.00 bits per heavy atom. The maximum absolute atomic E-state index is 7.63. The topological polar surface area (TPSA) is 23.8 Å². The first-order valence-electron chi connectivity index (χ1n) is 8.23. The fourth-order valence-electron chi connectivity index (χ4n) is 2.30. The third kappa shape index (κ3) is 11.7. The number of rotatable bonds is 0. The van der Waals surface area contributed by atoms with Gasteiger partial charge < -0.3 is 5.73 Å². The summed E-state index contributed by atoms with van der Waals surface area (Å²) >= 11 is 0. The minimum Gasteiger partial charge on any atom is -0.698 e. The maximum atomic E-state index is 7.63. The fourth-order valence-corrected chi connectivity index (χ4v) is 2.30. The van der Waals surface area contributed by atoms with Crippen molar-refractivity contribution in [3.8, 4) is 0 Å². The molecule has 2 radical (unpaired) electrons. The summed E-state index contributed by atoms with van der Waals surface area (Å²) < 4.78 is 0. The van der Waals surface area contributed by atoms with Crippen molar-refractivity contribution < 1.29 is 21.7 Å². The average Bonchev–Trinajstić information content (AvgIpc) is 2.66. The van der Waals surface area contributed by atoms with Crippen molar-refractivity contribution in [2.75, 3.05) is 0 Å². The molecule has 1 aliphatic rings. The summed E-state index contributed by atoms with van der Waals surface area (Å²) in [5.74, 6) is 0.560. The van der Waals surface area contributed by atoms with Crippen molar-refractivity contribution >= 4 is 40.0 Å². The van der Waals surface area contributed by atoms with Crippen molar-refractivity contribution in [1.82, 2.24) is 0 Å². The molecule has 5 heteroatoms. The smallest absolute Gasteiger partial charge is 0.698 e. The van der Waals surface area contributed by atoms with Gasteiger partial charge in [-0.1, -0.05) is 90.4 Å². The second-order valence-corrected chi connectivity index (χ2v) is 8.09. The van der Waals surface area contributed by atoms with Gasteiger partial charge in [0, 0.05) is 9.52 Å². The van der Waals surface area contributed by atoms with Gasteiger partial charge in [0.25, 0.3) is 0 Å². The second-order valence-electron chi connectivity index (χ2n) is 7.09. The van der Waals surface area contributed by atoms with Gasteiger partial charge in [0.05, 0.1) is 0 Å². The van der Waals surface area contributed by atoms with Gasteiger partial charge in [-0.15, -0.1) is 37.4 Å². The van der Waals surface area contributed by atoms with Crippen LogP contribution in [0.15, 0.2) is 41.0 Å². The van der Waals surface area contributed by atoms with Crippen LogP contribution in [0.2, 0.25) is 13.1 Å². The Labute approximate surface area is 192 Å². The van der Waals surface area contributed by atoms with Crippen molar-refractivity contribution in [3.63, 3.8) is 0 Å². The van der Waals surface area contributed by atoms with E-state index < -0.39 is 0 Å². The predicted octanol–water partition coefficient (Wildman–Crippen LogP) is 8.02. The first-order chi connectivity index (χ1) is 10.6. The molecule has 0 spiro atoms. The summed E-state index contributed by atoms with van der Waals surface area (Å²) in [7, 11) is 1.08. The van der Waals surface area contributed by atoms with Crippen LogP contribution in [0.4, 0.5) is 5.69 Å². The van der Waals surface area contributed by atoms with Crippen LogP contribution in [0.25, 0.3) is 5.73 Å². The van der Waals surface area contributed by atoms with E-state index in [1.54, 1.807) is 0 Å². The summed E-state index contributed by atoms with van der Waals surface area (Å²) in [5, 5.41) is 0. The van der Waals surface area contributed by atoms with Gasteiger partial charge >= 0.3 is 21.7 Å². The third-order valence-electron chi connectivity index (χ3n) is 3.97. The predicted molar refractivity (Wildman–Crippen MR) is 121 cm³/mol. The van der Waals surface area contributed by atoms with Gasteiger partial charge in [-0.3, -0.25) is 6.08 Å². The zero-order chi connectivity index (χ0) is 18.2. The van der Waals surface area contributed by atoms with Gasteiger partial charge in [0.1, 0.15) is 0 Å². The van der Waals surface area contributed by atoms with Gasteiger partial charge in [-0.25, -0.2) is 5.57 Å². The molecular weight excluding hydrogens is 413 g/mol. The Morgan fingerprint density at radius 3 is 1.62 bits per heavy atom. The molecular formula is C21H35Cl2NSiTi. The molecule has 146 valence electrons. The summed E-state index contributed by atoms with van der Waals surface area (Å²) in [6.45, 7) is 19.4. The van der Waals surface area contributed by atoms with Crippen molar-refractivity contribution in [2.45, 2.75) is 67.0 Å². The first kappa shape index (κ1) is 33.6. The standard InChI is InChI=1S/C10H14N.C9H13.C2H6Si.2ClH.Ti/c1-10(2,3)8-6-4-5-7-9(8)11;1-6-5-7(2)9(4)8(6)3;1-3-2;;;/h4-7,11H,1-3H3;6H,1-4H3;1-2H3;2*1H;/q2*-1;;;;+2. The van der Waals surface area contributed by atoms with Crippen LogP contribution in [0.1, 0.15) is 54.0 Å². The minimum absolute atomic E-state index is 0. The van der Waals surface area contributed by atoms with E-state index in [9.17, 15) is 0 Å². The summed E-state index contributed by atoms with van der Waals surface area (Å²) in [5.41, 5.74) is 13.7. The van der Waals surface area contributed by atoms with Crippen LogP contribution in [0.3, 0.4) is 0 Å². The Hall–Kier alpha value is 0.0112. The number of hydrogen-bond donors (Lipinski definition) is 0. The monoisotopic (exact) mass is 447 g/mol. The molecule has 0 fully saturated rings. The number of nitrogens with one attached hydrogen (secondary N) is 1. The van der Waals surface area contributed by atoms with E-state index in [1.165, 1.54) is 16.7 Å². The number of hydrogen-bond acceptors (Lipinski definition) is 0. The maximum Gasteiger partial charge on any atom is 2.00 e. The molecule has 0 aliphatic heterocycles. The number of allylic oxidation sites excluding steroid dienone is 4. The molecule has 1 nitrogen and oxygen atoms in total. The Morgan fingerprint density at radius 2 is 1.42 bits per heavy atom. The summed E-state index contributed by atoms with van der Waals surface area (Å²) in [6.07, 6.45) is 3.36. The van der Waals surface area contributed by atoms with E-state index in [0.29, 0.717) is 11.6 Å². The zero-order valence-electron chi connectivity index (χ0n) is 17.7. The van der Waals surface area contributed by atoms with Crippen LogP contribution in [-0.4, -0.2) is 9.52 Å². The Balaban J connectivity index is -0.000000148. The van der Waals surface area contributed by atoms with Gasteiger partial charge in [0.2, 0.25) is 0 Å². The number of benzene rings is 1. The normalized spacial score (nSPS) is 15.0. The van der Waals surface area contributed by atoms with Crippen LogP contribution >= 0.6 is 24.8 Å². The Kier molecular flexibility index (Phi) is 20.7. The van der Waals surface area contributed by atoms with E-state index in [2.05, 4.69) is 67.6 Å².